The summed E-state index contributed by atoms with van der Waals surface area (Å²) in [6.45, 7) is 3.04. The third-order valence-corrected chi connectivity index (χ3v) is 6.77. The molecule has 0 atom stereocenters. The first-order valence-electron chi connectivity index (χ1n) is 13.3. The predicted molar refractivity (Wildman–Crippen MR) is 153 cm³/mol. The molecule has 0 aliphatic carbocycles. The molecule has 0 aliphatic rings. The number of carboxylic acids is 1. The van der Waals surface area contributed by atoms with Gasteiger partial charge in [0.2, 0.25) is 0 Å². The van der Waals surface area contributed by atoms with Crippen molar-refractivity contribution in [2.24, 2.45) is 0 Å². The van der Waals surface area contributed by atoms with Gasteiger partial charge >= 0.3 is 5.97 Å². The predicted octanol–water partition coefficient (Wildman–Crippen LogP) is 6.91. The van der Waals surface area contributed by atoms with Gasteiger partial charge in [-0.15, -0.1) is 0 Å². The normalized spacial score (nSPS) is 11.1. The van der Waals surface area contributed by atoms with Crippen molar-refractivity contribution in [3.63, 3.8) is 0 Å². The van der Waals surface area contributed by atoms with Gasteiger partial charge in [0, 0.05) is 34.7 Å². The van der Waals surface area contributed by atoms with E-state index >= 15 is 0 Å². The van der Waals surface area contributed by atoms with Gasteiger partial charge in [0.05, 0.1) is 18.7 Å². The van der Waals surface area contributed by atoms with Crippen LogP contribution < -0.4 is 9.47 Å². The lowest BCUT2D eigenvalue weighted by Crippen LogP contribution is -2.08. The number of hydrogen-bond acceptors (Lipinski definition) is 4. The van der Waals surface area contributed by atoms with Crippen molar-refractivity contribution in [1.82, 2.24) is 4.57 Å². The fourth-order valence-corrected chi connectivity index (χ4v) is 4.94. The number of aromatic nitrogens is 1. The fourth-order valence-electron chi connectivity index (χ4n) is 4.94. The maximum absolute atomic E-state index is 12.9. The van der Waals surface area contributed by atoms with E-state index in [9.17, 15) is 9.59 Å². The average Bonchev–Trinajstić information content (AvgIpc) is 3.36. The summed E-state index contributed by atoms with van der Waals surface area (Å²) in [5, 5.41) is 12.1. The summed E-state index contributed by atoms with van der Waals surface area (Å²) < 4.78 is 13.9. The number of nitrogens with zero attached hydrogens (tertiary/aromatic N) is 1. The molecule has 0 spiro atoms. The van der Waals surface area contributed by atoms with Gasteiger partial charge in [-0.3, -0.25) is 9.59 Å². The highest BCUT2D eigenvalue weighted by molar-refractivity contribution is 6.10. The van der Waals surface area contributed by atoms with Gasteiger partial charge in [-0.2, -0.15) is 0 Å². The maximum Gasteiger partial charge on any atom is 0.323 e. The summed E-state index contributed by atoms with van der Waals surface area (Å²) in [7, 11) is 0. The van der Waals surface area contributed by atoms with E-state index in [2.05, 4.69) is 6.92 Å². The van der Waals surface area contributed by atoms with Gasteiger partial charge in [0.15, 0.2) is 5.78 Å². The number of aliphatic carboxylic acids is 1. The molecular weight excluding hydrogens is 490 g/mol. The lowest BCUT2D eigenvalue weighted by molar-refractivity contribution is -0.137. The molecule has 6 heteroatoms. The Hall–Kier alpha value is -4.58. The van der Waals surface area contributed by atoms with Crippen LogP contribution in [-0.2, 0) is 17.8 Å². The Labute approximate surface area is 227 Å². The van der Waals surface area contributed by atoms with E-state index in [-0.39, 0.29) is 12.3 Å². The molecule has 0 saturated carbocycles. The molecule has 198 valence electrons. The molecule has 5 aromatic rings. The van der Waals surface area contributed by atoms with Gasteiger partial charge in [0.1, 0.15) is 18.0 Å². The van der Waals surface area contributed by atoms with Crippen molar-refractivity contribution >= 4 is 33.4 Å². The number of carbonyl (C=O) groups is 2. The molecule has 0 fully saturated rings. The number of benzene rings is 4. The SMILES string of the molecule is CCCc1c(OCCCOc2cccc3c2ccn3CC(=O)O)ccc2cc(C(=O)c3ccccc3)ccc12. The Bertz CT molecular complexity index is 1620. The van der Waals surface area contributed by atoms with Gasteiger partial charge in [-0.1, -0.05) is 67.9 Å². The Morgan fingerprint density at radius 2 is 1.59 bits per heavy atom. The zero-order valence-electron chi connectivity index (χ0n) is 21.9. The van der Waals surface area contributed by atoms with E-state index in [1.54, 1.807) is 10.8 Å². The van der Waals surface area contributed by atoms with Crippen LogP contribution in [0.3, 0.4) is 0 Å². The molecule has 0 saturated heterocycles. The van der Waals surface area contributed by atoms with Crippen LogP contribution in [0.4, 0.5) is 0 Å². The Morgan fingerprint density at radius 1 is 0.795 bits per heavy atom. The first kappa shape index (κ1) is 26.0. The monoisotopic (exact) mass is 521 g/mol. The number of carbonyl (C=O) groups excluding carboxylic acids is 1. The van der Waals surface area contributed by atoms with Gasteiger partial charge in [-0.05, 0) is 47.5 Å². The van der Waals surface area contributed by atoms with Crippen LogP contribution in [0.15, 0.2) is 91.1 Å². The number of ketones is 1. The first-order chi connectivity index (χ1) is 19.0. The minimum Gasteiger partial charge on any atom is -0.493 e. The second kappa shape index (κ2) is 11.9. The standard InChI is InChI=1S/C33H31NO5/c1-2-8-27-26-15-13-25(33(37)23-9-4-3-5-10-23)21-24(26)14-16-31(27)39-20-7-19-38-30-12-6-11-29-28(30)17-18-34(29)22-32(35)36/h3-6,9-18,21H,2,7-8,19-20,22H2,1H3,(H,35,36). The number of carboxylic acid groups (broad SMARTS) is 1. The Balaban J connectivity index is 1.24. The van der Waals surface area contributed by atoms with Crippen molar-refractivity contribution in [1.29, 1.82) is 0 Å². The van der Waals surface area contributed by atoms with Crippen molar-refractivity contribution in [3.05, 3.63) is 108 Å². The van der Waals surface area contributed by atoms with Crippen molar-refractivity contribution in [2.75, 3.05) is 13.2 Å². The summed E-state index contributed by atoms with van der Waals surface area (Å²) in [6.07, 6.45) is 4.32. The smallest absolute Gasteiger partial charge is 0.323 e. The number of ether oxygens (including phenoxy) is 2. The maximum atomic E-state index is 12.9. The van der Waals surface area contributed by atoms with E-state index in [0.717, 1.165) is 51.6 Å². The van der Waals surface area contributed by atoms with Crippen molar-refractivity contribution in [3.8, 4) is 11.5 Å². The Morgan fingerprint density at radius 3 is 2.36 bits per heavy atom. The second-order valence-electron chi connectivity index (χ2n) is 9.50. The molecule has 0 radical (unpaired) electrons. The molecule has 1 aromatic heterocycles. The molecule has 1 heterocycles. The minimum absolute atomic E-state index is 0.0176. The third kappa shape index (κ3) is 5.80. The molecule has 6 nitrogen and oxygen atoms in total. The number of fused-ring (bicyclic) bond motifs is 2. The number of rotatable bonds is 12. The summed E-state index contributed by atoms with van der Waals surface area (Å²) in [6, 6.07) is 26.8. The molecule has 0 bridgehead atoms. The highest BCUT2D eigenvalue weighted by Gasteiger charge is 2.13. The van der Waals surface area contributed by atoms with E-state index < -0.39 is 5.97 Å². The zero-order chi connectivity index (χ0) is 27.2. The summed E-state index contributed by atoms with van der Waals surface area (Å²) in [5.41, 5.74) is 3.34. The van der Waals surface area contributed by atoms with Crippen LogP contribution in [0.25, 0.3) is 21.7 Å². The molecular formula is C33H31NO5. The quantitative estimate of drug-likeness (QED) is 0.143. The molecule has 0 aliphatic heterocycles. The van der Waals surface area contributed by atoms with Crippen LogP contribution in [0.1, 0.15) is 41.3 Å². The molecule has 5 rings (SSSR count). The molecule has 0 unspecified atom stereocenters. The fraction of sp³-hybridized carbons (Fsp3) is 0.212. The summed E-state index contributed by atoms with van der Waals surface area (Å²) >= 11 is 0. The van der Waals surface area contributed by atoms with E-state index in [4.69, 9.17) is 14.6 Å². The zero-order valence-corrected chi connectivity index (χ0v) is 21.9. The average molecular weight is 522 g/mol. The molecule has 4 aromatic carbocycles. The molecule has 39 heavy (non-hydrogen) atoms. The van der Waals surface area contributed by atoms with Crippen molar-refractivity contribution < 1.29 is 24.2 Å². The summed E-state index contributed by atoms with van der Waals surface area (Å²) in [5.74, 6) is 0.728. The van der Waals surface area contributed by atoms with Gasteiger partial charge < -0.3 is 19.1 Å². The highest BCUT2D eigenvalue weighted by atomic mass is 16.5. The number of hydrogen-bond donors (Lipinski definition) is 1. The topological polar surface area (TPSA) is 77.8 Å². The van der Waals surface area contributed by atoms with Gasteiger partial charge in [-0.25, -0.2) is 0 Å². The minimum atomic E-state index is -0.881. The summed E-state index contributed by atoms with van der Waals surface area (Å²) in [4.78, 5) is 24.0. The molecule has 1 N–H and O–H groups in total. The third-order valence-electron chi connectivity index (χ3n) is 6.77. The van der Waals surface area contributed by atoms with E-state index in [1.165, 1.54) is 0 Å². The van der Waals surface area contributed by atoms with Crippen molar-refractivity contribution in [2.45, 2.75) is 32.7 Å². The van der Waals surface area contributed by atoms with Crippen LogP contribution in [0.2, 0.25) is 0 Å². The van der Waals surface area contributed by atoms with Crippen LogP contribution in [0, 0.1) is 0 Å². The van der Waals surface area contributed by atoms with Crippen LogP contribution in [-0.4, -0.2) is 34.6 Å². The Kier molecular flexibility index (Phi) is 7.92. The van der Waals surface area contributed by atoms with Crippen LogP contribution >= 0.6 is 0 Å². The van der Waals surface area contributed by atoms with E-state index in [0.29, 0.717) is 30.8 Å². The van der Waals surface area contributed by atoms with Gasteiger partial charge in [0.25, 0.3) is 0 Å². The molecule has 0 amide bonds. The highest BCUT2D eigenvalue weighted by Crippen LogP contribution is 2.31. The lowest BCUT2D eigenvalue weighted by Gasteiger charge is -2.15. The lowest BCUT2D eigenvalue weighted by atomic mass is 9.95. The second-order valence-corrected chi connectivity index (χ2v) is 9.50. The van der Waals surface area contributed by atoms with E-state index in [1.807, 2.05) is 84.9 Å². The first-order valence-corrected chi connectivity index (χ1v) is 13.3. The largest absolute Gasteiger partial charge is 0.493 e. The number of aryl methyl sites for hydroxylation is 1. The van der Waals surface area contributed by atoms with Crippen LogP contribution in [0.5, 0.6) is 11.5 Å².